The van der Waals surface area contributed by atoms with Gasteiger partial charge in [-0.15, -0.1) is 0 Å². The van der Waals surface area contributed by atoms with Crippen LogP contribution in [0.4, 0.5) is 13.2 Å². The van der Waals surface area contributed by atoms with Gasteiger partial charge < -0.3 is 0 Å². The van der Waals surface area contributed by atoms with Gasteiger partial charge in [0.05, 0.1) is 0 Å². The van der Waals surface area contributed by atoms with Gasteiger partial charge in [-0.3, -0.25) is 0 Å². The maximum Gasteiger partial charge on any atom is 0.166 e. The first kappa shape index (κ1) is 24.3. The summed E-state index contributed by atoms with van der Waals surface area (Å²) in [5.41, 5.74) is 3.81. The van der Waals surface area contributed by atoms with Crippen LogP contribution in [0.1, 0.15) is 80.5 Å². The van der Waals surface area contributed by atoms with E-state index in [9.17, 15) is 8.78 Å². The molecular formula is C31H33F3. The predicted octanol–water partition coefficient (Wildman–Crippen LogP) is 9.58. The normalized spacial score (nSPS) is 18.5. The molecule has 1 saturated carbocycles. The van der Waals surface area contributed by atoms with Crippen LogP contribution in [0.2, 0.25) is 0 Å². The molecule has 0 unspecified atom stereocenters. The maximum atomic E-state index is 15.0. The third-order valence-electron chi connectivity index (χ3n) is 7.26. The average Bonchev–Trinajstić information content (AvgIpc) is 2.86. The highest BCUT2D eigenvalue weighted by molar-refractivity contribution is 5.72. The minimum Gasteiger partial charge on any atom is -0.206 e. The Morgan fingerprint density at radius 1 is 0.794 bits per heavy atom. The number of hydrogen-bond donors (Lipinski definition) is 0. The molecule has 4 rings (SSSR count). The molecule has 1 aliphatic rings. The number of aryl methyl sites for hydroxylation is 1. The van der Waals surface area contributed by atoms with Gasteiger partial charge in [0.1, 0.15) is 5.82 Å². The van der Waals surface area contributed by atoms with Crippen molar-refractivity contribution in [3.05, 3.63) is 94.3 Å². The molecule has 3 aromatic carbocycles. The van der Waals surface area contributed by atoms with Gasteiger partial charge in [-0.2, -0.15) is 0 Å². The third kappa shape index (κ3) is 5.46. The predicted molar refractivity (Wildman–Crippen MR) is 136 cm³/mol. The molecule has 0 aliphatic heterocycles. The summed E-state index contributed by atoms with van der Waals surface area (Å²) >= 11 is 0. The summed E-state index contributed by atoms with van der Waals surface area (Å²) < 4.78 is 44.3. The zero-order valence-corrected chi connectivity index (χ0v) is 20.1. The topological polar surface area (TPSA) is 0 Å². The quantitative estimate of drug-likeness (QED) is 0.307. The van der Waals surface area contributed by atoms with Gasteiger partial charge in [0, 0.05) is 11.1 Å². The smallest absolute Gasteiger partial charge is 0.166 e. The van der Waals surface area contributed by atoms with Crippen molar-refractivity contribution >= 4 is 12.2 Å². The van der Waals surface area contributed by atoms with E-state index in [1.54, 1.807) is 42.5 Å². The molecule has 34 heavy (non-hydrogen) atoms. The first-order valence-electron chi connectivity index (χ1n) is 12.5. The van der Waals surface area contributed by atoms with Crippen LogP contribution in [-0.2, 0) is 6.42 Å². The molecule has 3 heteroatoms. The molecule has 0 atom stereocenters. The van der Waals surface area contributed by atoms with E-state index in [-0.39, 0.29) is 17.3 Å². The van der Waals surface area contributed by atoms with E-state index in [0.29, 0.717) is 22.6 Å². The largest absolute Gasteiger partial charge is 0.206 e. The lowest BCUT2D eigenvalue weighted by molar-refractivity contribution is 0.312. The molecule has 3 aromatic rings. The van der Waals surface area contributed by atoms with Crippen LogP contribution in [-0.4, -0.2) is 0 Å². The van der Waals surface area contributed by atoms with Crippen molar-refractivity contribution in [2.45, 2.75) is 64.7 Å². The zero-order chi connectivity index (χ0) is 24.1. The lowest BCUT2D eigenvalue weighted by atomic mass is 9.77. The molecule has 0 nitrogen and oxygen atoms in total. The Morgan fingerprint density at radius 3 is 2.18 bits per heavy atom. The fraction of sp³-hybridized carbons (Fsp3) is 0.355. The Labute approximate surface area is 201 Å². The van der Waals surface area contributed by atoms with Gasteiger partial charge in [-0.25, -0.2) is 13.2 Å². The monoisotopic (exact) mass is 462 g/mol. The van der Waals surface area contributed by atoms with Crippen LogP contribution >= 0.6 is 0 Å². The Morgan fingerprint density at radius 2 is 1.53 bits per heavy atom. The van der Waals surface area contributed by atoms with Gasteiger partial charge in [-0.05, 0) is 72.3 Å². The van der Waals surface area contributed by atoms with Crippen molar-refractivity contribution in [1.82, 2.24) is 0 Å². The van der Waals surface area contributed by atoms with E-state index < -0.39 is 11.6 Å². The van der Waals surface area contributed by atoms with Gasteiger partial charge >= 0.3 is 0 Å². The van der Waals surface area contributed by atoms with E-state index in [2.05, 4.69) is 13.8 Å². The van der Waals surface area contributed by atoms with Crippen LogP contribution in [0.5, 0.6) is 0 Å². The van der Waals surface area contributed by atoms with Crippen molar-refractivity contribution in [3.63, 3.8) is 0 Å². The highest BCUT2D eigenvalue weighted by Crippen LogP contribution is 2.39. The van der Waals surface area contributed by atoms with Crippen molar-refractivity contribution < 1.29 is 13.2 Å². The molecule has 0 heterocycles. The first-order chi connectivity index (χ1) is 16.5. The van der Waals surface area contributed by atoms with Crippen LogP contribution in [0.3, 0.4) is 0 Å². The summed E-state index contributed by atoms with van der Waals surface area (Å²) in [7, 11) is 0. The SMILES string of the molecule is CCCc1ccc(/C=C/c2ccc(-c3ccc(C4CCC(CC)CC4)c(F)c3F)cc2)c(F)c1. The minimum atomic E-state index is -0.771. The lowest BCUT2D eigenvalue weighted by Crippen LogP contribution is -2.14. The highest BCUT2D eigenvalue weighted by Gasteiger charge is 2.25. The Bertz CT molecular complexity index is 1140. The molecule has 0 spiro atoms. The lowest BCUT2D eigenvalue weighted by Gasteiger charge is -2.28. The van der Waals surface area contributed by atoms with Gasteiger partial charge in [0.25, 0.3) is 0 Å². The van der Waals surface area contributed by atoms with Gasteiger partial charge in [0.15, 0.2) is 11.6 Å². The Kier molecular flexibility index (Phi) is 7.92. The summed E-state index contributed by atoms with van der Waals surface area (Å²) in [6, 6.07) is 16.0. The average molecular weight is 463 g/mol. The van der Waals surface area contributed by atoms with Gasteiger partial charge in [-0.1, -0.05) is 87.4 Å². The molecule has 0 N–H and O–H groups in total. The number of benzene rings is 3. The van der Waals surface area contributed by atoms with E-state index >= 15 is 4.39 Å². The Hall–Kier alpha value is -2.81. The molecule has 0 saturated heterocycles. The van der Waals surface area contributed by atoms with E-state index in [1.165, 1.54) is 0 Å². The van der Waals surface area contributed by atoms with Crippen LogP contribution in [0, 0.1) is 23.4 Å². The van der Waals surface area contributed by atoms with E-state index in [0.717, 1.165) is 56.1 Å². The van der Waals surface area contributed by atoms with Crippen LogP contribution < -0.4 is 0 Å². The minimum absolute atomic E-state index is 0.107. The van der Waals surface area contributed by atoms with Gasteiger partial charge in [0.2, 0.25) is 0 Å². The summed E-state index contributed by atoms with van der Waals surface area (Å²) in [4.78, 5) is 0. The molecule has 1 aliphatic carbocycles. The molecule has 0 amide bonds. The second-order valence-electron chi connectivity index (χ2n) is 9.52. The van der Waals surface area contributed by atoms with Crippen molar-refractivity contribution in [1.29, 1.82) is 0 Å². The molecule has 0 bridgehead atoms. The van der Waals surface area contributed by atoms with Crippen LogP contribution in [0.25, 0.3) is 23.3 Å². The highest BCUT2D eigenvalue weighted by atomic mass is 19.2. The van der Waals surface area contributed by atoms with Crippen molar-refractivity contribution in [2.24, 2.45) is 5.92 Å². The molecule has 0 aromatic heterocycles. The third-order valence-corrected chi connectivity index (χ3v) is 7.26. The van der Waals surface area contributed by atoms with Crippen molar-refractivity contribution in [2.75, 3.05) is 0 Å². The van der Waals surface area contributed by atoms with Crippen LogP contribution in [0.15, 0.2) is 54.6 Å². The molecular weight excluding hydrogens is 429 g/mol. The maximum absolute atomic E-state index is 15.0. The summed E-state index contributed by atoms with van der Waals surface area (Å²) in [5, 5.41) is 0. The number of hydrogen-bond acceptors (Lipinski definition) is 0. The van der Waals surface area contributed by atoms with Crippen molar-refractivity contribution in [3.8, 4) is 11.1 Å². The second kappa shape index (κ2) is 11.1. The fourth-order valence-corrected chi connectivity index (χ4v) is 5.09. The fourth-order valence-electron chi connectivity index (χ4n) is 5.09. The van der Waals surface area contributed by atoms with E-state index in [4.69, 9.17) is 0 Å². The first-order valence-corrected chi connectivity index (χ1v) is 12.5. The molecule has 1 fully saturated rings. The summed E-state index contributed by atoms with van der Waals surface area (Å²) in [6.07, 6.45) is 10.6. The number of halogens is 3. The zero-order valence-electron chi connectivity index (χ0n) is 20.1. The second-order valence-corrected chi connectivity index (χ2v) is 9.52. The number of rotatable bonds is 7. The molecule has 0 radical (unpaired) electrons. The van der Waals surface area contributed by atoms with E-state index in [1.807, 2.05) is 24.3 Å². The summed E-state index contributed by atoms with van der Waals surface area (Å²) in [5.74, 6) is -0.890. The Balaban J connectivity index is 1.48. The standard InChI is InChI=1S/C31H33F3/c1-3-5-23-11-17-26(29(32)20-23)16-10-22-8-14-25(15-9-22)28-19-18-27(30(33)31(28)34)24-12-6-21(4-2)7-13-24/h8-11,14-21,24H,3-7,12-13H2,1-2H3/b16-10+. The molecule has 178 valence electrons. The summed E-state index contributed by atoms with van der Waals surface area (Å²) in [6.45, 7) is 4.27.